The summed E-state index contributed by atoms with van der Waals surface area (Å²) in [7, 11) is 0. The molecule has 0 unspecified atom stereocenters. The van der Waals surface area contributed by atoms with Crippen molar-refractivity contribution in [2.75, 3.05) is 32.8 Å². The maximum absolute atomic E-state index is 12.8. The van der Waals surface area contributed by atoms with Crippen molar-refractivity contribution in [3.63, 3.8) is 0 Å². The van der Waals surface area contributed by atoms with Crippen LogP contribution in [0.15, 0.2) is 0 Å². The summed E-state index contributed by atoms with van der Waals surface area (Å²) in [5.74, 6) is 0.226. The number of urea groups is 1. The monoisotopic (exact) mass is 323 g/mol. The smallest absolute Gasteiger partial charge is 0.325 e. The fraction of sp³-hybridized carbons (Fsp3) is 0.812. The third kappa shape index (κ3) is 3.06. The van der Waals surface area contributed by atoms with Gasteiger partial charge in [0.05, 0.1) is 13.2 Å². The molecule has 2 saturated heterocycles. The number of carbonyl (C=O) groups excluding carboxylic acids is 3. The first-order valence-corrected chi connectivity index (χ1v) is 8.55. The zero-order valence-electron chi connectivity index (χ0n) is 13.7. The van der Waals surface area contributed by atoms with Crippen LogP contribution in [0.3, 0.4) is 0 Å². The molecule has 7 nitrogen and oxygen atoms in total. The molecule has 0 aromatic heterocycles. The molecule has 3 aliphatic rings. The lowest BCUT2D eigenvalue weighted by Crippen LogP contribution is -2.50. The lowest BCUT2D eigenvalue weighted by molar-refractivity contribution is -0.141. The van der Waals surface area contributed by atoms with Crippen LogP contribution in [0.2, 0.25) is 0 Å². The summed E-state index contributed by atoms with van der Waals surface area (Å²) in [6.45, 7) is 4.05. The van der Waals surface area contributed by atoms with E-state index in [-0.39, 0.29) is 18.4 Å². The van der Waals surface area contributed by atoms with E-state index in [0.717, 1.165) is 24.2 Å². The van der Waals surface area contributed by atoms with Crippen LogP contribution in [-0.4, -0.2) is 66.0 Å². The standard InChI is InChI=1S/C16H25N3O4/c1-2-12-3-5-16(6-4-12)14(21)19(15(22)17-16)11-13(20)18-7-9-23-10-8-18/h12H,2-11H2,1H3,(H,17,22). The van der Waals surface area contributed by atoms with Crippen LogP contribution in [0.5, 0.6) is 0 Å². The Hall–Kier alpha value is -1.63. The Bertz CT molecular complexity index is 494. The second-order valence-corrected chi connectivity index (χ2v) is 6.75. The Labute approximate surface area is 136 Å². The molecule has 2 aliphatic heterocycles. The third-order valence-corrected chi connectivity index (χ3v) is 5.44. The van der Waals surface area contributed by atoms with E-state index in [1.165, 1.54) is 0 Å². The van der Waals surface area contributed by atoms with Crippen molar-refractivity contribution in [3.05, 3.63) is 0 Å². The van der Waals surface area contributed by atoms with E-state index >= 15 is 0 Å². The molecular formula is C16H25N3O4. The average Bonchev–Trinajstić information content (AvgIpc) is 2.81. The second-order valence-electron chi connectivity index (χ2n) is 6.75. The van der Waals surface area contributed by atoms with Gasteiger partial charge < -0.3 is 15.0 Å². The van der Waals surface area contributed by atoms with Crippen molar-refractivity contribution in [3.8, 4) is 0 Å². The number of nitrogens with zero attached hydrogens (tertiary/aromatic N) is 2. The van der Waals surface area contributed by atoms with Gasteiger partial charge in [-0.1, -0.05) is 13.3 Å². The fourth-order valence-corrected chi connectivity index (χ4v) is 3.79. The minimum absolute atomic E-state index is 0.163. The van der Waals surface area contributed by atoms with Gasteiger partial charge >= 0.3 is 6.03 Å². The summed E-state index contributed by atoms with van der Waals surface area (Å²) in [6, 6.07) is -0.424. The summed E-state index contributed by atoms with van der Waals surface area (Å²) >= 11 is 0. The largest absolute Gasteiger partial charge is 0.378 e. The van der Waals surface area contributed by atoms with Crippen molar-refractivity contribution < 1.29 is 19.1 Å². The van der Waals surface area contributed by atoms with E-state index < -0.39 is 11.6 Å². The number of morpholine rings is 1. The molecule has 3 fully saturated rings. The van der Waals surface area contributed by atoms with Crippen molar-refractivity contribution in [2.24, 2.45) is 5.92 Å². The van der Waals surface area contributed by atoms with Gasteiger partial charge in [-0.2, -0.15) is 0 Å². The highest BCUT2D eigenvalue weighted by atomic mass is 16.5. The van der Waals surface area contributed by atoms with Crippen molar-refractivity contribution in [1.82, 2.24) is 15.1 Å². The zero-order valence-corrected chi connectivity index (χ0v) is 13.7. The Morgan fingerprint density at radius 2 is 1.91 bits per heavy atom. The van der Waals surface area contributed by atoms with Crippen molar-refractivity contribution >= 4 is 17.8 Å². The third-order valence-electron chi connectivity index (χ3n) is 5.44. The van der Waals surface area contributed by atoms with E-state index in [4.69, 9.17) is 4.74 Å². The van der Waals surface area contributed by atoms with Crippen LogP contribution in [-0.2, 0) is 14.3 Å². The maximum Gasteiger partial charge on any atom is 0.325 e. The molecule has 1 aliphatic carbocycles. The predicted molar refractivity (Wildman–Crippen MR) is 82.6 cm³/mol. The first-order chi connectivity index (χ1) is 11.1. The minimum Gasteiger partial charge on any atom is -0.378 e. The van der Waals surface area contributed by atoms with Crippen LogP contribution in [0.1, 0.15) is 39.0 Å². The SMILES string of the molecule is CCC1CCC2(CC1)NC(=O)N(CC(=O)N1CCOCC1)C2=O. The quantitative estimate of drug-likeness (QED) is 0.777. The van der Waals surface area contributed by atoms with Gasteiger partial charge in [-0.3, -0.25) is 14.5 Å². The molecule has 23 heavy (non-hydrogen) atoms. The molecule has 0 atom stereocenters. The van der Waals surface area contributed by atoms with E-state index in [9.17, 15) is 14.4 Å². The number of nitrogens with one attached hydrogen (secondary N) is 1. The number of hydrogen-bond donors (Lipinski definition) is 1. The highest BCUT2D eigenvalue weighted by Crippen LogP contribution is 2.37. The van der Waals surface area contributed by atoms with Gasteiger partial charge in [-0.05, 0) is 31.6 Å². The number of ether oxygens (including phenoxy) is 1. The van der Waals surface area contributed by atoms with Crippen LogP contribution in [0.25, 0.3) is 0 Å². The molecule has 1 saturated carbocycles. The van der Waals surface area contributed by atoms with Crippen LogP contribution >= 0.6 is 0 Å². The number of rotatable bonds is 3. The van der Waals surface area contributed by atoms with Gasteiger partial charge in [0.2, 0.25) is 5.91 Å². The van der Waals surface area contributed by atoms with Crippen LogP contribution in [0.4, 0.5) is 4.79 Å². The molecule has 4 amide bonds. The highest BCUT2D eigenvalue weighted by Gasteiger charge is 2.52. The second kappa shape index (κ2) is 6.47. The Kier molecular flexibility index (Phi) is 4.57. The molecule has 7 heteroatoms. The molecule has 0 aromatic rings. The molecule has 2 heterocycles. The molecule has 0 bridgehead atoms. The number of hydrogen-bond acceptors (Lipinski definition) is 4. The summed E-state index contributed by atoms with van der Waals surface area (Å²) in [5.41, 5.74) is -0.770. The Balaban J connectivity index is 1.63. The first-order valence-electron chi connectivity index (χ1n) is 8.55. The normalized spacial score (nSPS) is 31.6. The van der Waals surface area contributed by atoms with Crippen LogP contribution in [0, 0.1) is 5.92 Å². The van der Waals surface area contributed by atoms with Crippen molar-refractivity contribution in [1.29, 1.82) is 0 Å². The minimum atomic E-state index is -0.770. The van der Waals surface area contributed by atoms with Crippen LogP contribution < -0.4 is 5.32 Å². The van der Waals surface area contributed by atoms with Gasteiger partial charge in [0.15, 0.2) is 0 Å². The molecule has 128 valence electrons. The molecule has 1 N–H and O–H groups in total. The lowest BCUT2D eigenvalue weighted by Gasteiger charge is -2.34. The molecule has 0 aromatic carbocycles. The molecular weight excluding hydrogens is 298 g/mol. The van der Waals surface area contributed by atoms with E-state index in [1.807, 2.05) is 0 Å². The Morgan fingerprint density at radius 1 is 1.26 bits per heavy atom. The van der Waals surface area contributed by atoms with E-state index in [2.05, 4.69) is 12.2 Å². The molecule has 1 spiro atoms. The topological polar surface area (TPSA) is 79.0 Å². The molecule has 3 rings (SSSR count). The lowest BCUT2D eigenvalue weighted by atomic mass is 9.75. The predicted octanol–water partition coefficient (Wildman–Crippen LogP) is 0.736. The van der Waals surface area contributed by atoms with Crippen molar-refractivity contribution in [2.45, 2.75) is 44.6 Å². The zero-order chi connectivity index (χ0) is 16.4. The number of carbonyl (C=O) groups is 3. The Morgan fingerprint density at radius 3 is 2.52 bits per heavy atom. The van der Waals surface area contributed by atoms with Gasteiger partial charge in [-0.15, -0.1) is 0 Å². The highest BCUT2D eigenvalue weighted by molar-refractivity contribution is 6.09. The summed E-state index contributed by atoms with van der Waals surface area (Å²) in [4.78, 5) is 40.0. The van der Waals surface area contributed by atoms with E-state index in [1.54, 1.807) is 4.90 Å². The number of imide groups is 1. The molecule has 0 radical (unpaired) electrons. The average molecular weight is 323 g/mol. The maximum atomic E-state index is 12.8. The van der Waals surface area contributed by atoms with Gasteiger partial charge in [-0.25, -0.2) is 4.79 Å². The van der Waals surface area contributed by atoms with Gasteiger partial charge in [0.25, 0.3) is 5.91 Å². The van der Waals surface area contributed by atoms with Gasteiger partial charge in [0.1, 0.15) is 12.1 Å². The fourth-order valence-electron chi connectivity index (χ4n) is 3.79. The first kappa shape index (κ1) is 16.2. The summed E-state index contributed by atoms with van der Waals surface area (Å²) < 4.78 is 5.22. The van der Waals surface area contributed by atoms with E-state index in [0.29, 0.717) is 45.1 Å². The van der Waals surface area contributed by atoms with Gasteiger partial charge in [0, 0.05) is 13.1 Å². The number of amides is 4. The summed E-state index contributed by atoms with van der Waals surface area (Å²) in [6.07, 6.45) is 4.37. The summed E-state index contributed by atoms with van der Waals surface area (Å²) in [5, 5.41) is 2.86.